The van der Waals surface area contributed by atoms with Crippen molar-refractivity contribution < 1.29 is 18.7 Å². The summed E-state index contributed by atoms with van der Waals surface area (Å²) < 4.78 is 17.0. The van der Waals surface area contributed by atoms with Crippen LogP contribution in [0.2, 0.25) is 5.02 Å². The molecule has 1 aliphatic rings. The third-order valence-electron chi connectivity index (χ3n) is 4.22. The van der Waals surface area contributed by atoms with Gasteiger partial charge in [-0.25, -0.2) is 9.78 Å². The highest BCUT2D eigenvalue weighted by Crippen LogP contribution is 2.28. The number of oxazole rings is 1. The molecule has 7 heteroatoms. The van der Waals surface area contributed by atoms with Gasteiger partial charge in [0.05, 0.1) is 24.9 Å². The Morgan fingerprint density at radius 3 is 2.63 bits per heavy atom. The molecule has 2 aromatic rings. The SMILES string of the molecule is Cc1coc([C@H]2CN(C(=O)OC(C)(C)C)[C@@H](Cc3ccc(Cl)cc3)CO2)n1. The first kappa shape index (κ1) is 19.7. The lowest BCUT2D eigenvalue weighted by Crippen LogP contribution is -2.52. The number of carbonyl (C=O) groups excluding carboxylic acids is 1. The van der Waals surface area contributed by atoms with E-state index in [1.807, 2.05) is 52.0 Å². The first-order valence-corrected chi connectivity index (χ1v) is 9.37. The third-order valence-corrected chi connectivity index (χ3v) is 4.47. The second-order valence-electron chi connectivity index (χ2n) is 7.77. The topological polar surface area (TPSA) is 64.8 Å². The fourth-order valence-corrected chi connectivity index (χ4v) is 3.10. The molecule has 0 spiro atoms. The normalized spacial score (nSPS) is 20.6. The van der Waals surface area contributed by atoms with E-state index in [4.69, 9.17) is 25.5 Å². The number of aryl methyl sites for hydroxylation is 1. The van der Waals surface area contributed by atoms with Gasteiger partial charge in [-0.2, -0.15) is 0 Å². The molecule has 1 aromatic carbocycles. The second-order valence-corrected chi connectivity index (χ2v) is 8.20. The maximum atomic E-state index is 12.8. The molecule has 0 N–H and O–H groups in total. The van der Waals surface area contributed by atoms with Gasteiger partial charge in [-0.05, 0) is 51.8 Å². The van der Waals surface area contributed by atoms with E-state index in [9.17, 15) is 4.79 Å². The van der Waals surface area contributed by atoms with E-state index >= 15 is 0 Å². The minimum atomic E-state index is -0.574. The second kappa shape index (κ2) is 7.90. The van der Waals surface area contributed by atoms with Gasteiger partial charge < -0.3 is 13.9 Å². The van der Waals surface area contributed by atoms with Crippen molar-refractivity contribution in [2.75, 3.05) is 13.2 Å². The Morgan fingerprint density at radius 1 is 1.33 bits per heavy atom. The van der Waals surface area contributed by atoms with Crippen molar-refractivity contribution in [1.29, 1.82) is 0 Å². The predicted molar refractivity (Wildman–Crippen MR) is 102 cm³/mol. The van der Waals surface area contributed by atoms with Gasteiger partial charge in [0.15, 0.2) is 6.10 Å². The van der Waals surface area contributed by atoms with Gasteiger partial charge in [0, 0.05) is 5.02 Å². The molecule has 1 amide bonds. The van der Waals surface area contributed by atoms with Crippen LogP contribution in [0.15, 0.2) is 34.9 Å². The largest absolute Gasteiger partial charge is 0.446 e. The van der Waals surface area contributed by atoms with Crippen LogP contribution in [-0.2, 0) is 15.9 Å². The van der Waals surface area contributed by atoms with Crippen LogP contribution >= 0.6 is 11.6 Å². The molecule has 2 heterocycles. The molecule has 2 atom stereocenters. The number of carbonyl (C=O) groups is 1. The number of halogens is 1. The molecule has 1 fully saturated rings. The van der Waals surface area contributed by atoms with Crippen LogP contribution in [0.3, 0.4) is 0 Å². The van der Waals surface area contributed by atoms with E-state index in [2.05, 4.69) is 4.98 Å². The van der Waals surface area contributed by atoms with E-state index in [1.54, 1.807) is 11.2 Å². The summed E-state index contributed by atoms with van der Waals surface area (Å²) in [5, 5.41) is 0.682. The lowest BCUT2D eigenvalue weighted by atomic mass is 10.0. The predicted octanol–water partition coefficient (Wildman–Crippen LogP) is 4.56. The van der Waals surface area contributed by atoms with Crippen molar-refractivity contribution in [1.82, 2.24) is 9.88 Å². The summed E-state index contributed by atoms with van der Waals surface area (Å²) in [6, 6.07) is 7.46. The summed E-state index contributed by atoms with van der Waals surface area (Å²) in [6.45, 7) is 8.11. The van der Waals surface area contributed by atoms with Gasteiger partial charge in [0.25, 0.3) is 0 Å². The van der Waals surface area contributed by atoms with Crippen molar-refractivity contribution in [2.45, 2.75) is 51.9 Å². The number of hydrogen-bond donors (Lipinski definition) is 0. The minimum absolute atomic E-state index is 0.145. The first-order chi connectivity index (χ1) is 12.7. The van der Waals surface area contributed by atoms with Crippen LogP contribution in [0.5, 0.6) is 0 Å². The molecule has 6 nitrogen and oxygen atoms in total. The Kier molecular flexibility index (Phi) is 5.77. The average molecular weight is 393 g/mol. The van der Waals surface area contributed by atoms with E-state index in [1.165, 1.54) is 0 Å². The molecule has 0 unspecified atom stereocenters. The van der Waals surface area contributed by atoms with Crippen molar-refractivity contribution >= 4 is 17.7 Å². The molecule has 1 saturated heterocycles. The molecule has 0 aliphatic carbocycles. The average Bonchev–Trinajstić information content (AvgIpc) is 3.02. The number of nitrogens with zero attached hydrogens (tertiary/aromatic N) is 2. The zero-order chi connectivity index (χ0) is 19.6. The molecule has 1 aliphatic heterocycles. The molecule has 0 radical (unpaired) electrons. The van der Waals surface area contributed by atoms with Crippen LogP contribution in [0.25, 0.3) is 0 Å². The number of morpholine rings is 1. The summed E-state index contributed by atoms with van der Waals surface area (Å²) in [7, 11) is 0. The highest BCUT2D eigenvalue weighted by atomic mass is 35.5. The Labute approximate surface area is 164 Å². The van der Waals surface area contributed by atoms with Crippen molar-refractivity contribution in [2.24, 2.45) is 0 Å². The molecule has 3 rings (SSSR count). The van der Waals surface area contributed by atoms with E-state index < -0.39 is 11.7 Å². The number of benzene rings is 1. The summed E-state index contributed by atoms with van der Waals surface area (Å²) in [6.07, 6.45) is 1.45. The number of hydrogen-bond acceptors (Lipinski definition) is 5. The first-order valence-electron chi connectivity index (χ1n) is 8.99. The van der Waals surface area contributed by atoms with Crippen LogP contribution in [0.1, 0.15) is 44.0 Å². The van der Waals surface area contributed by atoms with E-state index in [-0.39, 0.29) is 12.1 Å². The smallest absolute Gasteiger partial charge is 0.410 e. The lowest BCUT2D eigenvalue weighted by molar-refractivity contribution is -0.0790. The molecule has 1 aromatic heterocycles. The van der Waals surface area contributed by atoms with Crippen LogP contribution < -0.4 is 0 Å². The zero-order valence-electron chi connectivity index (χ0n) is 16.1. The van der Waals surface area contributed by atoms with Crippen molar-refractivity contribution in [3.05, 3.63) is 52.7 Å². The number of aromatic nitrogens is 1. The fraction of sp³-hybridized carbons (Fsp3) is 0.500. The molecule has 146 valence electrons. The standard InChI is InChI=1S/C20H25ClN2O4/c1-13-11-26-18(22-13)17-10-23(19(24)27-20(2,3)4)16(12-25-17)9-14-5-7-15(21)8-6-14/h5-8,11,16-17H,9-10,12H2,1-4H3/t16-,17+/m0/s1. The molecule has 0 bridgehead atoms. The summed E-state index contributed by atoms with van der Waals surface area (Å²) in [4.78, 5) is 18.9. The Morgan fingerprint density at radius 2 is 2.04 bits per heavy atom. The van der Waals surface area contributed by atoms with Crippen molar-refractivity contribution in [3.8, 4) is 0 Å². The lowest BCUT2D eigenvalue weighted by Gasteiger charge is -2.39. The Balaban J connectivity index is 1.78. The minimum Gasteiger partial charge on any atom is -0.446 e. The van der Waals surface area contributed by atoms with Gasteiger partial charge in [0.1, 0.15) is 11.9 Å². The number of amides is 1. The van der Waals surface area contributed by atoms with Crippen LogP contribution in [0.4, 0.5) is 4.79 Å². The van der Waals surface area contributed by atoms with Crippen molar-refractivity contribution in [3.63, 3.8) is 0 Å². The van der Waals surface area contributed by atoms with E-state index in [0.29, 0.717) is 30.5 Å². The van der Waals surface area contributed by atoms with Gasteiger partial charge >= 0.3 is 6.09 Å². The molecule has 0 saturated carbocycles. The monoisotopic (exact) mass is 392 g/mol. The zero-order valence-corrected chi connectivity index (χ0v) is 16.8. The number of rotatable bonds is 3. The van der Waals surface area contributed by atoms with Gasteiger partial charge in [-0.3, -0.25) is 4.90 Å². The molecule has 27 heavy (non-hydrogen) atoms. The number of ether oxygens (including phenoxy) is 2. The van der Waals surface area contributed by atoms with Crippen LogP contribution in [0, 0.1) is 6.92 Å². The Bertz CT molecular complexity index is 782. The van der Waals surface area contributed by atoms with E-state index in [0.717, 1.165) is 11.3 Å². The van der Waals surface area contributed by atoms with Gasteiger partial charge in [-0.15, -0.1) is 0 Å². The summed E-state index contributed by atoms with van der Waals surface area (Å²) in [5.41, 5.74) is 1.28. The maximum absolute atomic E-state index is 12.8. The highest BCUT2D eigenvalue weighted by molar-refractivity contribution is 6.30. The van der Waals surface area contributed by atoms with Gasteiger partial charge in [0.2, 0.25) is 5.89 Å². The molecular formula is C20H25ClN2O4. The summed E-state index contributed by atoms with van der Waals surface area (Å²) in [5.74, 6) is 0.478. The van der Waals surface area contributed by atoms with Gasteiger partial charge in [-0.1, -0.05) is 23.7 Å². The third kappa shape index (κ3) is 5.23. The quantitative estimate of drug-likeness (QED) is 0.766. The summed E-state index contributed by atoms with van der Waals surface area (Å²) >= 11 is 5.97. The fourth-order valence-electron chi connectivity index (χ4n) is 2.97. The molecular weight excluding hydrogens is 368 g/mol. The van der Waals surface area contributed by atoms with Crippen LogP contribution in [-0.4, -0.2) is 40.8 Å². The highest BCUT2D eigenvalue weighted by Gasteiger charge is 2.37. The Hall–Kier alpha value is -2.05. The maximum Gasteiger partial charge on any atom is 0.410 e.